The molecule has 0 aliphatic carbocycles. The molecule has 1 aromatic carbocycles. The van der Waals surface area contributed by atoms with Crippen LogP contribution in [0.4, 0.5) is 0 Å². The number of rotatable bonds is 5. The average Bonchev–Trinajstić information content (AvgIpc) is 3.09. The maximum absolute atomic E-state index is 13.9. The first kappa shape index (κ1) is 25.9. The Morgan fingerprint density at radius 3 is 2.42 bits per heavy atom. The van der Waals surface area contributed by atoms with Crippen molar-refractivity contribution in [2.24, 2.45) is 0 Å². The zero-order valence-electron chi connectivity index (χ0n) is 22.1. The minimum absolute atomic E-state index is 0.175. The van der Waals surface area contributed by atoms with Gasteiger partial charge in [0.05, 0.1) is 14.2 Å². The van der Waals surface area contributed by atoms with Crippen LogP contribution in [0.5, 0.6) is 5.75 Å². The molecule has 1 fully saturated rings. The highest BCUT2D eigenvalue weighted by Crippen LogP contribution is 2.29. The zero-order chi connectivity index (χ0) is 26.0. The number of carbonyl (C=O) groups is 2. The molecule has 36 heavy (non-hydrogen) atoms. The van der Waals surface area contributed by atoms with E-state index < -0.39 is 12.0 Å². The molecule has 0 radical (unpaired) electrons. The van der Waals surface area contributed by atoms with Gasteiger partial charge in [0.25, 0.3) is 11.5 Å². The van der Waals surface area contributed by atoms with Crippen LogP contribution in [0.25, 0.3) is 0 Å². The van der Waals surface area contributed by atoms with Crippen LogP contribution in [0.1, 0.15) is 57.6 Å². The average molecular weight is 496 g/mol. The first-order valence-electron chi connectivity index (χ1n) is 12.7. The topological polar surface area (TPSA) is 81.1 Å². The number of aryl methyl sites for hydroxylation is 3. The fourth-order valence-corrected chi connectivity index (χ4v) is 5.47. The van der Waals surface area contributed by atoms with Crippen molar-refractivity contribution in [3.05, 3.63) is 62.1 Å². The maximum atomic E-state index is 13.9. The quantitative estimate of drug-likeness (QED) is 0.594. The SMILES string of the molecule is COC(=O)[C@H]1CCCCN1C(=O)c1c(OC)cc(=O)n2c1CCN(Cc1cc(C)c(C)cc1C)CC2. The molecule has 2 aliphatic rings. The maximum Gasteiger partial charge on any atom is 0.328 e. The molecule has 3 heterocycles. The molecule has 0 saturated carbocycles. The Morgan fingerprint density at radius 1 is 0.944 bits per heavy atom. The van der Waals surface area contributed by atoms with Crippen molar-refractivity contribution >= 4 is 11.9 Å². The lowest BCUT2D eigenvalue weighted by Gasteiger charge is -2.34. The van der Waals surface area contributed by atoms with Crippen LogP contribution in [0.2, 0.25) is 0 Å². The number of ether oxygens (including phenoxy) is 2. The van der Waals surface area contributed by atoms with E-state index in [0.29, 0.717) is 50.3 Å². The molecule has 1 saturated heterocycles. The molecule has 1 atom stereocenters. The summed E-state index contributed by atoms with van der Waals surface area (Å²) >= 11 is 0. The van der Waals surface area contributed by atoms with Crippen molar-refractivity contribution in [2.75, 3.05) is 33.9 Å². The number of hydrogen-bond donors (Lipinski definition) is 0. The highest BCUT2D eigenvalue weighted by Gasteiger charge is 2.36. The summed E-state index contributed by atoms with van der Waals surface area (Å²) < 4.78 is 12.2. The van der Waals surface area contributed by atoms with Crippen molar-refractivity contribution in [3.63, 3.8) is 0 Å². The van der Waals surface area contributed by atoms with Crippen molar-refractivity contribution in [3.8, 4) is 5.75 Å². The summed E-state index contributed by atoms with van der Waals surface area (Å²) in [5.74, 6) is -0.413. The van der Waals surface area contributed by atoms with Gasteiger partial charge in [-0.1, -0.05) is 12.1 Å². The van der Waals surface area contributed by atoms with E-state index in [-0.39, 0.29) is 17.2 Å². The summed E-state index contributed by atoms with van der Waals surface area (Å²) in [6.45, 7) is 9.54. The molecule has 194 valence electrons. The number of aromatic nitrogens is 1. The van der Waals surface area contributed by atoms with Gasteiger partial charge < -0.3 is 18.9 Å². The first-order chi connectivity index (χ1) is 17.2. The Bertz CT molecular complexity index is 1220. The number of benzene rings is 1. The van der Waals surface area contributed by atoms with Crippen LogP contribution in [0.3, 0.4) is 0 Å². The molecule has 2 aromatic rings. The van der Waals surface area contributed by atoms with E-state index >= 15 is 0 Å². The fourth-order valence-electron chi connectivity index (χ4n) is 5.47. The van der Waals surface area contributed by atoms with Gasteiger partial charge in [0.2, 0.25) is 0 Å². The van der Waals surface area contributed by atoms with Crippen LogP contribution in [-0.4, -0.2) is 66.1 Å². The third-order valence-corrected chi connectivity index (χ3v) is 7.70. The van der Waals surface area contributed by atoms with Crippen LogP contribution in [0.15, 0.2) is 23.0 Å². The second-order valence-electron chi connectivity index (χ2n) is 9.95. The van der Waals surface area contributed by atoms with Gasteiger partial charge in [-0.15, -0.1) is 0 Å². The standard InChI is InChI=1S/C28H37N3O5/c1-18-14-20(3)21(15-19(18)2)17-29-11-9-22-26(24(35-4)16-25(32)30(22)13-12-29)27(33)31-10-7-6-8-23(31)28(34)36-5/h14-16,23H,6-13,17H2,1-5H3/t23-/m1/s1. The lowest BCUT2D eigenvalue weighted by atomic mass is 9.99. The molecule has 1 aromatic heterocycles. The van der Waals surface area contributed by atoms with E-state index in [4.69, 9.17) is 9.47 Å². The van der Waals surface area contributed by atoms with Gasteiger partial charge in [0.1, 0.15) is 17.4 Å². The number of likely N-dealkylation sites (tertiary alicyclic amines) is 1. The fraction of sp³-hybridized carbons (Fsp3) is 0.536. The van der Waals surface area contributed by atoms with Gasteiger partial charge in [-0.2, -0.15) is 0 Å². The third kappa shape index (κ3) is 5.05. The Morgan fingerprint density at radius 2 is 1.69 bits per heavy atom. The van der Waals surface area contributed by atoms with E-state index in [9.17, 15) is 14.4 Å². The van der Waals surface area contributed by atoms with E-state index in [0.717, 1.165) is 19.4 Å². The lowest BCUT2D eigenvalue weighted by molar-refractivity contribution is -0.147. The number of nitrogens with zero attached hydrogens (tertiary/aromatic N) is 3. The Labute approximate surface area is 212 Å². The molecule has 4 rings (SSSR count). The highest BCUT2D eigenvalue weighted by molar-refractivity contribution is 6.00. The van der Waals surface area contributed by atoms with Crippen molar-refractivity contribution in [1.29, 1.82) is 0 Å². The van der Waals surface area contributed by atoms with Gasteiger partial charge in [-0.05, 0) is 62.3 Å². The summed E-state index contributed by atoms with van der Waals surface area (Å²) in [6, 6.07) is 5.25. The van der Waals surface area contributed by atoms with Crippen molar-refractivity contribution in [1.82, 2.24) is 14.4 Å². The second kappa shape index (κ2) is 10.9. The largest absolute Gasteiger partial charge is 0.496 e. The second-order valence-corrected chi connectivity index (χ2v) is 9.95. The monoisotopic (exact) mass is 495 g/mol. The zero-order valence-corrected chi connectivity index (χ0v) is 22.1. The molecule has 0 spiro atoms. The van der Waals surface area contributed by atoms with E-state index in [1.807, 2.05) is 0 Å². The van der Waals surface area contributed by atoms with Gasteiger partial charge in [-0.25, -0.2) is 4.79 Å². The predicted molar refractivity (Wildman–Crippen MR) is 138 cm³/mol. The minimum Gasteiger partial charge on any atom is -0.496 e. The van der Waals surface area contributed by atoms with Crippen LogP contribution < -0.4 is 10.3 Å². The molecule has 1 amide bonds. The third-order valence-electron chi connectivity index (χ3n) is 7.70. The number of piperidine rings is 1. The van der Waals surface area contributed by atoms with Crippen LogP contribution in [0, 0.1) is 20.8 Å². The number of methoxy groups -OCH3 is 2. The number of pyridine rings is 1. The molecule has 0 bridgehead atoms. The smallest absolute Gasteiger partial charge is 0.328 e. The van der Waals surface area contributed by atoms with Gasteiger partial charge >= 0.3 is 5.97 Å². The van der Waals surface area contributed by atoms with Crippen molar-refractivity contribution in [2.45, 2.75) is 65.6 Å². The van der Waals surface area contributed by atoms with E-state index in [2.05, 4.69) is 37.8 Å². The highest BCUT2D eigenvalue weighted by atomic mass is 16.5. The molecule has 8 nitrogen and oxygen atoms in total. The summed E-state index contributed by atoms with van der Waals surface area (Å²) in [4.78, 5) is 43.3. The van der Waals surface area contributed by atoms with E-state index in [1.165, 1.54) is 42.5 Å². The summed E-state index contributed by atoms with van der Waals surface area (Å²) in [5, 5.41) is 0. The predicted octanol–water partition coefficient (Wildman–Crippen LogP) is 3.01. The molecule has 0 unspecified atom stereocenters. The minimum atomic E-state index is -0.622. The first-order valence-corrected chi connectivity index (χ1v) is 12.7. The molecule has 0 N–H and O–H groups in total. The molecular formula is C28H37N3O5. The number of esters is 1. The Balaban J connectivity index is 1.66. The summed E-state index contributed by atoms with van der Waals surface area (Å²) in [7, 11) is 2.82. The summed E-state index contributed by atoms with van der Waals surface area (Å²) in [6.07, 6.45) is 2.78. The lowest BCUT2D eigenvalue weighted by Crippen LogP contribution is -2.49. The normalized spacial score (nSPS) is 18.4. The Kier molecular flexibility index (Phi) is 7.83. The number of hydrogen-bond acceptors (Lipinski definition) is 6. The molecular weight excluding hydrogens is 458 g/mol. The number of fused-ring (bicyclic) bond motifs is 1. The molecule has 2 aliphatic heterocycles. The van der Waals surface area contributed by atoms with Gasteiger partial charge in [-0.3, -0.25) is 14.5 Å². The van der Waals surface area contributed by atoms with Gasteiger partial charge in [0.15, 0.2) is 0 Å². The van der Waals surface area contributed by atoms with Gasteiger partial charge in [0, 0.05) is 50.9 Å². The molecule has 8 heteroatoms. The Hall–Kier alpha value is -3.13. The van der Waals surface area contributed by atoms with Crippen LogP contribution in [-0.2, 0) is 29.0 Å². The summed E-state index contributed by atoms with van der Waals surface area (Å²) in [5.41, 5.74) is 5.97. The van der Waals surface area contributed by atoms with E-state index in [1.54, 1.807) is 9.47 Å². The number of carbonyl (C=O) groups excluding carboxylic acids is 2. The van der Waals surface area contributed by atoms with Crippen molar-refractivity contribution < 1.29 is 19.1 Å². The van der Waals surface area contributed by atoms with Crippen LogP contribution >= 0.6 is 0 Å². The number of amides is 1.